The summed E-state index contributed by atoms with van der Waals surface area (Å²) < 4.78 is 166. The molecule has 0 saturated carbocycles. The molecule has 0 amide bonds. The van der Waals surface area contributed by atoms with Crippen LogP contribution in [-0.4, -0.2) is 202 Å². The molecule has 8 aliphatic rings. The number of carbonyl (C=O) groups is 16. The summed E-state index contributed by atoms with van der Waals surface area (Å²) in [6, 6.07) is 0. The summed E-state index contributed by atoms with van der Waals surface area (Å²) in [5, 5.41) is -1.40. The van der Waals surface area contributed by atoms with Crippen LogP contribution in [0.4, 0.5) is 52.7 Å². The van der Waals surface area contributed by atoms with Gasteiger partial charge in [0.2, 0.25) is 20.5 Å². The van der Waals surface area contributed by atoms with Gasteiger partial charge in [0.25, 0.3) is 20.7 Å². The molecule has 8 radical (unpaired) electrons. The first kappa shape index (κ1) is 185. The van der Waals surface area contributed by atoms with Gasteiger partial charge >= 0.3 is 53.7 Å². The first-order valence-electron chi connectivity index (χ1n) is 45.9. The molecule has 8 aliphatic heterocycles. The Morgan fingerprint density at radius 1 is 0.345 bits per heavy atom. The number of esters is 4. The molecule has 20 nitrogen and oxygen atoms in total. The Balaban J connectivity index is -0.000000101. The van der Waals surface area contributed by atoms with E-state index in [9.17, 15) is 129 Å². The maximum absolute atomic E-state index is 12.2. The van der Waals surface area contributed by atoms with Gasteiger partial charge in [-0.2, -0.15) is 52.7 Å². The molecule has 0 aromatic carbocycles. The van der Waals surface area contributed by atoms with Crippen LogP contribution in [0, 0.1) is 0 Å². The van der Waals surface area contributed by atoms with Crippen molar-refractivity contribution < 1.29 is 410 Å². The Bertz CT molecular complexity index is 3440. The van der Waals surface area contributed by atoms with Crippen LogP contribution in [0.5, 0.6) is 0 Å². The minimum absolute atomic E-state index is 0. The third-order valence-electron chi connectivity index (χ3n) is 18.0. The Labute approximate surface area is 1120 Å². The van der Waals surface area contributed by atoms with Crippen molar-refractivity contribution in [2.75, 3.05) is 46.0 Å². The number of thiol groups is 7. The molecule has 8 saturated heterocycles. The first-order valence-corrected chi connectivity index (χ1v) is 58.5. The zero-order valence-corrected chi connectivity index (χ0v) is 121. The van der Waals surface area contributed by atoms with Gasteiger partial charge in [-0.15, -0.1) is 0 Å². The molecule has 9 atom stereocenters. The summed E-state index contributed by atoms with van der Waals surface area (Å²) in [6.07, 6.45) is 22.5. The SMILES string of the molecule is C=C(C(=O)OC1(C)CCCC[SH+]1)C(F)(F)F.C=C(C(=O)OC1CCCC[SH+]1)C(F)(F)F.C=C(C(=O)SC1(C)CCCC[SH+]1)C(F)(F)F.C=C(C(=O)SC1CCCC[SH+]1)C(F)(F)F.C=CC(=O)OC1(C)CCCC[S+]1C(=O)CC.C=CC(=O)OC1CCCC[SH+]1.C=CC(=O)SC1(C)CCCC[SH+]1.C=CC(=O)SC1CCCC[SH+]1.CCC=O.CCC=O.CCC=O.CCC=O.CCC=O.CCC=O.CCC=O.[Y].[Y].[Y].[Y].[Y].[Y].[Y].[Y]. The summed E-state index contributed by atoms with van der Waals surface area (Å²) in [6.45, 7) is 46.8. The van der Waals surface area contributed by atoms with Crippen molar-refractivity contribution in [2.45, 2.75) is 351 Å². The van der Waals surface area contributed by atoms with Crippen molar-refractivity contribution in [3.63, 3.8) is 0 Å². The van der Waals surface area contributed by atoms with Crippen LogP contribution in [0.15, 0.2) is 99.2 Å². The van der Waals surface area contributed by atoms with Gasteiger partial charge in [-0.25, -0.2) is 24.0 Å². The second kappa shape index (κ2) is 115. The average Bonchev–Trinajstić information content (AvgIpc) is 0.800. The van der Waals surface area contributed by atoms with Gasteiger partial charge in [-0.1, -0.05) is 108 Å². The van der Waals surface area contributed by atoms with Crippen LogP contribution < -0.4 is 0 Å². The molecule has 8 rings (SSSR count). The summed E-state index contributed by atoms with van der Waals surface area (Å²) in [5.74, 6) is 4.76. The standard InChI is InChI=1S/C12H19O3S.C10H13F3O2S.C10H13F3OS2.C9H11F3O2S.C9H11F3OS2.C9H14OS2.C8H12O2S.C8H12OS2.7C3H6O.8Y/c1-4-10(13)15-12(3)8-6-7-9-16(12)11(14)5-2;1-7(10(11,12)13)8(14)15-9(2)5-3-4-6-16-9;1-7(10(11,12)13)8(14)16-9(2)5-3-4-6-15-9;1-6(9(10,11)12)8(13)14-7-4-2-3-5-15-7;1-6(9(10,11)12)8(13)15-7-4-2-3-5-14-7;1-3-8(10)12-9(2)6-4-5-7-11-9;1-2-7(9)10-8-5-3-4-6-11-8;1-2-7(9)11-8-5-3-4-6-10-8;7*1-2-3-4;;;;;;;;/h4H,1,5-9H2,2-3H3;2*1,3-6H2,2H3;2*7H,1-5H2;3H,1,4-7H2,2H3;2*2,8H,1,3-6H2;7*3H,2H2,1H3;;;;;;;;/q+1;;;;;;;;;;;;;;;;;;;;;;/p+7. The summed E-state index contributed by atoms with van der Waals surface area (Å²) in [7, 11) is -0.445. The molecule has 52 heteroatoms. The number of halogens is 12. The Kier molecular flexibility index (Phi) is 143. The van der Waals surface area contributed by atoms with Gasteiger partial charge in [0.1, 0.15) is 123 Å². The van der Waals surface area contributed by atoms with Crippen LogP contribution >= 0.6 is 47.0 Å². The predicted molar refractivity (Wildman–Crippen MR) is 573 cm³/mol. The molecular formula is C96H154F12O20S12Y8+8. The Morgan fingerprint density at radius 2 is 0.655 bits per heavy atom. The molecule has 0 aliphatic carbocycles. The van der Waals surface area contributed by atoms with Crippen molar-refractivity contribution in [1.29, 1.82) is 0 Å². The van der Waals surface area contributed by atoms with Gasteiger partial charge in [-0.3, -0.25) is 19.2 Å². The van der Waals surface area contributed by atoms with Gasteiger partial charge in [0.15, 0.2) is 17.3 Å². The van der Waals surface area contributed by atoms with Gasteiger partial charge in [0.05, 0.1) is 6.42 Å². The molecule has 8 fully saturated rings. The number of thioether (sulfide) groups is 4. The number of rotatable bonds is 24. The fourth-order valence-electron chi connectivity index (χ4n) is 10.5. The molecule has 0 N–H and O–H groups in total. The molecular weight excluding hydrogens is 2800 g/mol. The number of hydrogen-bond donors (Lipinski definition) is 0. The van der Waals surface area contributed by atoms with Crippen LogP contribution in [0.3, 0.4) is 0 Å². The van der Waals surface area contributed by atoms with E-state index in [-0.39, 0.29) is 301 Å². The predicted octanol–water partition coefficient (Wildman–Crippen LogP) is 21.4. The van der Waals surface area contributed by atoms with Crippen LogP contribution in [-0.2, 0) is 451 Å². The molecule has 0 aromatic heterocycles. The van der Waals surface area contributed by atoms with Crippen LogP contribution in [0.1, 0.15) is 289 Å². The quantitative estimate of drug-likeness (QED) is 0.0165. The third-order valence-corrected chi connectivity index (χ3v) is 37.2. The van der Waals surface area contributed by atoms with Gasteiger partial charge in [-0.05, 0) is 223 Å². The zero-order valence-electron chi connectivity index (χ0n) is 87.6. The maximum Gasteiger partial charge on any atom is 0.422 e. The maximum atomic E-state index is 12.2. The monoisotopic (exact) mass is 2950 g/mol. The van der Waals surface area contributed by atoms with Crippen LogP contribution in [0.2, 0.25) is 0 Å². The molecule has 0 bridgehead atoms. The van der Waals surface area contributed by atoms with E-state index in [1.165, 1.54) is 140 Å². The molecule has 0 aromatic rings. The van der Waals surface area contributed by atoms with Crippen molar-refractivity contribution in [2.24, 2.45) is 0 Å². The topological polar surface area (TPSA) is 310 Å². The first-order chi connectivity index (χ1) is 65.6. The minimum Gasteiger partial charge on any atom is -0.413 e. The number of aldehydes is 7. The van der Waals surface area contributed by atoms with E-state index >= 15 is 0 Å². The number of carbonyl (C=O) groups excluding carboxylic acids is 16. The number of hydrogen-bond acceptors (Lipinski definition) is 24. The number of ether oxygens (including phenoxy) is 4. The minimum atomic E-state index is -4.71. The third kappa shape index (κ3) is 106. The van der Waals surface area contributed by atoms with Crippen molar-refractivity contribution in [3.05, 3.63) is 99.2 Å². The molecule has 0 spiro atoms. The average molecular weight is 2950 g/mol. The van der Waals surface area contributed by atoms with Crippen LogP contribution in [0.25, 0.3) is 0 Å². The van der Waals surface area contributed by atoms with E-state index in [4.69, 9.17) is 18.9 Å². The van der Waals surface area contributed by atoms with E-state index in [2.05, 4.69) is 59.6 Å². The smallest absolute Gasteiger partial charge is 0.413 e. The normalized spacial score (nSPS) is 20.6. The summed E-state index contributed by atoms with van der Waals surface area (Å²) >= 11 is 12.5. The summed E-state index contributed by atoms with van der Waals surface area (Å²) in [5.41, 5.74) is -5.62. The molecule has 148 heavy (non-hydrogen) atoms. The summed E-state index contributed by atoms with van der Waals surface area (Å²) in [4.78, 5) is 164. The van der Waals surface area contributed by atoms with E-state index in [1.54, 1.807) is 6.92 Å². The second-order valence-corrected chi connectivity index (χ2v) is 50.5. The fraction of sp³-hybridized carbons (Fsp3) is 0.667. The van der Waals surface area contributed by atoms with Crippen molar-refractivity contribution >= 4 is 234 Å². The largest absolute Gasteiger partial charge is 0.422 e. The fourth-order valence-corrected chi connectivity index (χ4v) is 27.8. The second-order valence-electron chi connectivity index (χ2n) is 30.4. The molecule has 9 unspecified atom stereocenters. The van der Waals surface area contributed by atoms with E-state index in [1.807, 2.05) is 69.2 Å². The molecule has 830 valence electrons. The van der Waals surface area contributed by atoms with Gasteiger partial charge < -0.3 is 52.5 Å². The van der Waals surface area contributed by atoms with E-state index in [0.717, 1.165) is 245 Å². The van der Waals surface area contributed by atoms with E-state index < -0.39 is 101 Å². The zero-order chi connectivity index (χ0) is 109. The van der Waals surface area contributed by atoms with E-state index in [0.29, 0.717) is 68.8 Å². The molecule has 8 heterocycles. The number of alkyl halides is 12. The Hall–Kier alpha value is 4.03. The van der Waals surface area contributed by atoms with Crippen molar-refractivity contribution in [3.8, 4) is 0 Å². The Morgan fingerprint density at radius 3 is 0.953 bits per heavy atom. The van der Waals surface area contributed by atoms with Crippen molar-refractivity contribution in [1.82, 2.24) is 0 Å². The van der Waals surface area contributed by atoms with Gasteiger partial charge in [0, 0.05) is 419 Å².